The fraction of sp³-hybridized carbons (Fsp3) is 0.0625. The molecule has 1 aromatic carbocycles. The number of hydrogen-bond acceptors (Lipinski definition) is 3. The van der Waals surface area contributed by atoms with Gasteiger partial charge >= 0.3 is 6.18 Å². The van der Waals surface area contributed by atoms with Gasteiger partial charge in [0.2, 0.25) is 0 Å². The molecule has 3 aromatic rings. The van der Waals surface area contributed by atoms with Crippen molar-refractivity contribution in [3.63, 3.8) is 0 Å². The zero-order valence-corrected chi connectivity index (χ0v) is 11.6. The van der Waals surface area contributed by atoms with Crippen molar-refractivity contribution >= 4 is 22.5 Å². The highest BCUT2D eigenvalue weighted by molar-refractivity contribution is 6.04. The smallest absolute Gasteiger partial charge is 0.321 e. The Labute approximate surface area is 129 Å². The van der Waals surface area contributed by atoms with Crippen LogP contribution in [-0.4, -0.2) is 15.9 Å². The molecule has 7 heteroatoms. The molecule has 0 atom stereocenters. The van der Waals surface area contributed by atoms with E-state index in [4.69, 9.17) is 0 Å². The van der Waals surface area contributed by atoms with E-state index in [1.165, 1.54) is 18.2 Å². The molecule has 2 aromatic heterocycles. The second-order valence-electron chi connectivity index (χ2n) is 4.80. The van der Waals surface area contributed by atoms with Crippen LogP contribution < -0.4 is 5.32 Å². The lowest BCUT2D eigenvalue weighted by Crippen LogP contribution is -2.14. The zero-order chi connectivity index (χ0) is 16.4. The number of aromatic nitrogens is 2. The Hall–Kier alpha value is -2.96. The molecule has 0 fully saturated rings. The molecule has 1 amide bonds. The molecule has 0 bridgehead atoms. The summed E-state index contributed by atoms with van der Waals surface area (Å²) in [5, 5.41) is 3.19. The van der Waals surface area contributed by atoms with E-state index in [2.05, 4.69) is 15.3 Å². The molecule has 0 spiro atoms. The van der Waals surface area contributed by atoms with E-state index in [0.717, 1.165) is 17.5 Å². The Morgan fingerprint density at radius 3 is 2.70 bits per heavy atom. The number of hydrogen-bond donors (Lipinski definition) is 1. The average Bonchev–Trinajstić information content (AvgIpc) is 2.54. The number of carbonyl (C=O) groups excluding carboxylic acids is 1. The first-order valence-electron chi connectivity index (χ1n) is 6.63. The monoisotopic (exact) mass is 317 g/mol. The lowest BCUT2D eigenvalue weighted by atomic mass is 10.2. The Morgan fingerprint density at radius 2 is 1.91 bits per heavy atom. The highest BCUT2D eigenvalue weighted by Crippen LogP contribution is 2.30. The number of carbonyl (C=O) groups is 1. The highest BCUT2D eigenvalue weighted by Gasteiger charge is 2.30. The zero-order valence-electron chi connectivity index (χ0n) is 11.6. The summed E-state index contributed by atoms with van der Waals surface area (Å²) in [6.45, 7) is 0. The van der Waals surface area contributed by atoms with Crippen LogP contribution in [0.15, 0.2) is 54.9 Å². The van der Waals surface area contributed by atoms with Gasteiger partial charge in [-0.05, 0) is 36.4 Å². The molecule has 3 rings (SSSR count). The first-order chi connectivity index (χ1) is 10.9. The van der Waals surface area contributed by atoms with E-state index in [1.54, 1.807) is 24.5 Å². The van der Waals surface area contributed by atoms with Crippen LogP contribution >= 0.6 is 0 Å². The van der Waals surface area contributed by atoms with E-state index in [1.807, 2.05) is 0 Å². The second kappa shape index (κ2) is 5.68. The molecule has 0 aliphatic rings. The first-order valence-corrected chi connectivity index (χ1v) is 6.63. The average molecular weight is 317 g/mol. The maximum atomic E-state index is 12.7. The lowest BCUT2D eigenvalue weighted by Gasteiger charge is -2.10. The van der Waals surface area contributed by atoms with Gasteiger partial charge in [0.25, 0.3) is 5.91 Å². The highest BCUT2D eigenvalue weighted by atomic mass is 19.4. The van der Waals surface area contributed by atoms with Crippen LogP contribution in [0.3, 0.4) is 0 Å². The third-order valence-electron chi connectivity index (χ3n) is 3.17. The quantitative estimate of drug-likeness (QED) is 0.780. The summed E-state index contributed by atoms with van der Waals surface area (Å²) in [5.74, 6) is -0.581. The van der Waals surface area contributed by atoms with Crippen LogP contribution in [0.1, 0.15) is 16.1 Å². The van der Waals surface area contributed by atoms with E-state index in [0.29, 0.717) is 5.52 Å². The lowest BCUT2D eigenvalue weighted by molar-refractivity contribution is -0.137. The van der Waals surface area contributed by atoms with Crippen molar-refractivity contribution in [1.29, 1.82) is 0 Å². The topological polar surface area (TPSA) is 54.9 Å². The maximum Gasteiger partial charge on any atom is 0.416 e. The maximum absolute atomic E-state index is 12.7. The van der Waals surface area contributed by atoms with Gasteiger partial charge in [-0.25, -0.2) is 4.98 Å². The van der Waals surface area contributed by atoms with Crippen molar-refractivity contribution in [2.75, 3.05) is 5.32 Å². The number of fused-ring (bicyclic) bond motifs is 1. The molecule has 0 saturated heterocycles. The van der Waals surface area contributed by atoms with Gasteiger partial charge in [-0.1, -0.05) is 6.07 Å². The number of rotatable bonds is 2. The summed E-state index contributed by atoms with van der Waals surface area (Å²) in [7, 11) is 0. The third-order valence-corrected chi connectivity index (χ3v) is 3.17. The third kappa shape index (κ3) is 3.28. The normalized spacial score (nSPS) is 11.4. The molecule has 116 valence electrons. The second-order valence-corrected chi connectivity index (χ2v) is 4.80. The van der Waals surface area contributed by atoms with Crippen LogP contribution in [0, 0.1) is 0 Å². The Kier molecular flexibility index (Phi) is 3.69. The number of anilines is 1. The summed E-state index contributed by atoms with van der Waals surface area (Å²) >= 11 is 0. The molecule has 23 heavy (non-hydrogen) atoms. The number of pyridine rings is 2. The number of nitrogens with one attached hydrogen (secondary N) is 1. The van der Waals surface area contributed by atoms with Gasteiger partial charge in [0.15, 0.2) is 0 Å². The predicted octanol–water partition coefficient (Wildman–Crippen LogP) is 3.90. The number of nitrogens with zero attached hydrogens (tertiary/aromatic N) is 2. The van der Waals surface area contributed by atoms with Crippen LogP contribution in [0.2, 0.25) is 0 Å². The minimum atomic E-state index is -4.46. The van der Waals surface area contributed by atoms with Crippen LogP contribution in [0.25, 0.3) is 10.9 Å². The summed E-state index contributed by atoms with van der Waals surface area (Å²) in [4.78, 5) is 20.3. The van der Waals surface area contributed by atoms with Gasteiger partial charge in [0, 0.05) is 23.5 Å². The van der Waals surface area contributed by atoms with Gasteiger partial charge in [0.05, 0.1) is 11.1 Å². The largest absolute Gasteiger partial charge is 0.416 e. The van der Waals surface area contributed by atoms with E-state index in [-0.39, 0.29) is 11.4 Å². The van der Waals surface area contributed by atoms with E-state index < -0.39 is 17.6 Å². The van der Waals surface area contributed by atoms with Crippen molar-refractivity contribution in [3.8, 4) is 0 Å². The van der Waals surface area contributed by atoms with Crippen molar-refractivity contribution < 1.29 is 18.0 Å². The minimum absolute atomic E-state index is 0.0569. The van der Waals surface area contributed by atoms with Crippen molar-refractivity contribution in [1.82, 2.24) is 9.97 Å². The number of alkyl halides is 3. The van der Waals surface area contributed by atoms with E-state index in [9.17, 15) is 18.0 Å². The number of amides is 1. The van der Waals surface area contributed by atoms with E-state index >= 15 is 0 Å². The molecule has 2 heterocycles. The van der Waals surface area contributed by atoms with Gasteiger partial charge in [-0.3, -0.25) is 9.78 Å². The van der Waals surface area contributed by atoms with Crippen LogP contribution in [0.4, 0.5) is 18.9 Å². The molecule has 0 unspecified atom stereocenters. The van der Waals surface area contributed by atoms with Crippen molar-refractivity contribution in [2.45, 2.75) is 6.18 Å². The van der Waals surface area contributed by atoms with Gasteiger partial charge in [0.1, 0.15) is 5.69 Å². The number of halogens is 3. The fourth-order valence-electron chi connectivity index (χ4n) is 2.06. The molecule has 0 aliphatic heterocycles. The SMILES string of the molecule is O=C(Nc1cccc(C(F)(F)F)c1)c1ccc2cnccc2n1. The molecular formula is C16H10F3N3O. The molecule has 0 aliphatic carbocycles. The van der Waals surface area contributed by atoms with Crippen LogP contribution in [0.5, 0.6) is 0 Å². The molecular weight excluding hydrogens is 307 g/mol. The minimum Gasteiger partial charge on any atom is -0.321 e. The fourth-order valence-corrected chi connectivity index (χ4v) is 2.06. The van der Waals surface area contributed by atoms with Gasteiger partial charge < -0.3 is 5.32 Å². The summed E-state index contributed by atoms with van der Waals surface area (Å²) in [6, 6.07) is 9.26. The Balaban J connectivity index is 1.86. The van der Waals surface area contributed by atoms with Crippen molar-refractivity contribution in [3.05, 3.63) is 66.1 Å². The molecule has 0 radical (unpaired) electrons. The van der Waals surface area contributed by atoms with Crippen LogP contribution in [-0.2, 0) is 6.18 Å². The summed E-state index contributed by atoms with van der Waals surface area (Å²) < 4.78 is 38.0. The molecule has 0 saturated carbocycles. The summed E-state index contributed by atoms with van der Waals surface area (Å²) in [6.07, 6.45) is -1.31. The number of benzene rings is 1. The predicted molar refractivity (Wildman–Crippen MR) is 78.9 cm³/mol. The Morgan fingerprint density at radius 1 is 1.09 bits per heavy atom. The Bertz CT molecular complexity index is 878. The van der Waals surface area contributed by atoms with Crippen molar-refractivity contribution in [2.24, 2.45) is 0 Å². The first kappa shape index (κ1) is 15.0. The van der Waals surface area contributed by atoms with Gasteiger partial charge in [-0.15, -0.1) is 0 Å². The molecule has 4 nitrogen and oxygen atoms in total. The standard InChI is InChI=1S/C16H10F3N3O/c17-16(18,19)11-2-1-3-12(8-11)21-15(23)14-5-4-10-9-20-7-6-13(10)22-14/h1-9H,(H,21,23). The molecule has 1 N–H and O–H groups in total. The summed E-state index contributed by atoms with van der Waals surface area (Å²) in [5.41, 5.74) is -0.0768. The van der Waals surface area contributed by atoms with Gasteiger partial charge in [-0.2, -0.15) is 13.2 Å².